The molecule has 0 saturated carbocycles. The first kappa shape index (κ1) is 13.0. The predicted molar refractivity (Wildman–Crippen MR) is 63.9 cm³/mol. The minimum atomic E-state index is -0.508. The summed E-state index contributed by atoms with van der Waals surface area (Å²) < 4.78 is 10.2. The lowest BCUT2D eigenvalue weighted by Crippen LogP contribution is -2.39. The molecule has 0 bridgehead atoms. The van der Waals surface area contributed by atoms with Gasteiger partial charge in [-0.05, 0) is 26.7 Å². The van der Waals surface area contributed by atoms with Crippen LogP contribution in [0.25, 0.3) is 0 Å². The third-order valence-electron chi connectivity index (χ3n) is 3.24. The van der Waals surface area contributed by atoms with Gasteiger partial charge in [-0.1, -0.05) is 0 Å². The maximum Gasteiger partial charge on any atom is 0.355 e. The Labute approximate surface area is 106 Å². The highest BCUT2D eigenvalue weighted by atomic mass is 16.5. The summed E-state index contributed by atoms with van der Waals surface area (Å²) in [7, 11) is 0. The van der Waals surface area contributed by atoms with E-state index in [1.807, 2.05) is 0 Å². The molecule has 1 amide bonds. The molecule has 0 spiro atoms. The number of hydrogen-bond acceptors (Lipinski definition) is 5. The molecule has 0 aromatic rings. The maximum atomic E-state index is 12.1. The van der Waals surface area contributed by atoms with Crippen molar-refractivity contribution in [3.05, 3.63) is 0 Å². The van der Waals surface area contributed by atoms with Crippen molar-refractivity contribution in [2.75, 3.05) is 19.8 Å². The first-order valence-electron chi connectivity index (χ1n) is 6.31. The second kappa shape index (κ2) is 5.48. The molecule has 2 heterocycles. The van der Waals surface area contributed by atoms with Crippen molar-refractivity contribution in [3.63, 3.8) is 0 Å². The van der Waals surface area contributed by atoms with Gasteiger partial charge >= 0.3 is 5.97 Å². The van der Waals surface area contributed by atoms with Gasteiger partial charge < -0.3 is 9.47 Å². The Balaban J connectivity index is 2.11. The summed E-state index contributed by atoms with van der Waals surface area (Å²) in [6.45, 7) is 4.98. The molecule has 0 aliphatic carbocycles. The fraction of sp³-hybridized carbons (Fsp3) is 0.750. The van der Waals surface area contributed by atoms with E-state index in [4.69, 9.17) is 9.47 Å². The van der Waals surface area contributed by atoms with E-state index < -0.39 is 11.9 Å². The predicted octanol–water partition coefficient (Wildman–Crippen LogP) is 0.563. The number of amides is 1. The minimum Gasteiger partial charge on any atom is -0.461 e. The monoisotopic (exact) mass is 254 g/mol. The Hall–Kier alpha value is -1.43. The van der Waals surface area contributed by atoms with E-state index in [0.29, 0.717) is 13.2 Å². The SMILES string of the molecule is CCOC(=O)C1=NN(C2CCOCC2)C(=O)C1C. The number of carbonyl (C=O) groups is 2. The molecule has 18 heavy (non-hydrogen) atoms. The van der Waals surface area contributed by atoms with E-state index in [1.54, 1.807) is 13.8 Å². The number of hydrazone groups is 1. The average molecular weight is 254 g/mol. The molecule has 1 unspecified atom stereocenters. The highest BCUT2D eigenvalue weighted by Crippen LogP contribution is 2.23. The van der Waals surface area contributed by atoms with Crippen molar-refractivity contribution < 1.29 is 19.1 Å². The number of hydrogen-bond donors (Lipinski definition) is 0. The fourth-order valence-electron chi connectivity index (χ4n) is 2.18. The number of carbonyl (C=O) groups excluding carboxylic acids is 2. The summed E-state index contributed by atoms with van der Waals surface area (Å²) in [6.07, 6.45) is 1.52. The van der Waals surface area contributed by atoms with Crippen molar-refractivity contribution in [2.24, 2.45) is 11.0 Å². The zero-order chi connectivity index (χ0) is 13.1. The molecular weight excluding hydrogens is 236 g/mol. The van der Waals surface area contributed by atoms with E-state index in [1.165, 1.54) is 5.01 Å². The average Bonchev–Trinajstić information content (AvgIpc) is 2.68. The van der Waals surface area contributed by atoms with Gasteiger partial charge in [0, 0.05) is 13.2 Å². The molecule has 6 heteroatoms. The summed E-state index contributed by atoms with van der Waals surface area (Å²) in [5, 5.41) is 5.61. The van der Waals surface area contributed by atoms with Crippen LogP contribution in [-0.4, -0.2) is 48.5 Å². The first-order valence-corrected chi connectivity index (χ1v) is 6.31. The van der Waals surface area contributed by atoms with E-state index in [9.17, 15) is 9.59 Å². The van der Waals surface area contributed by atoms with Gasteiger partial charge in [-0.2, -0.15) is 5.10 Å². The first-order chi connectivity index (χ1) is 8.65. The third-order valence-corrected chi connectivity index (χ3v) is 3.24. The van der Waals surface area contributed by atoms with Gasteiger partial charge in [0.05, 0.1) is 18.6 Å². The number of rotatable bonds is 3. The van der Waals surface area contributed by atoms with Crippen molar-refractivity contribution in [3.8, 4) is 0 Å². The van der Waals surface area contributed by atoms with Gasteiger partial charge in [0.25, 0.3) is 5.91 Å². The van der Waals surface area contributed by atoms with Gasteiger partial charge in [0.15, 0.2) is 5.71 Å². The molecule has 1 fully saturated rings. The standard InChI is InChI=1S/C12H18N2O4/c1-3-18-12(16)10-8(2)11(15)14(13-10)9-4-6-17-7-5-9/h8-9H,3-7H2,1-2H3. The third kappa shape index (κ3) is 2.38. The van der Waals surface area contributed by atoms with Crippen molar-refractivity contribution in [1.82, 2.24) is 5.01 Å². The largest absolute Gasteiger partial charge is 0.461 e. The van der Waals surface area contributed by atoms with Crippen LogP contribution >= 0.6 is 0 Å². The van der Waals surface area contributed by atoms with E-state index >= 15 is 0 Å². The lowest BCUT2D eigenvalue weighted by atomic mass is 10.0. The Morgan fingerprint density at radius 1 is 1.50 bits per heavy atom. The molecule has 0 aromatic heterocycles. The van der Waals surface area contributed by atoms with E-state index in [-0.39, 0.29) is 24.3 Å². The molecule has 1 atom stereocenters. The van der Waals surface area contributed by atoms with Crippen LogP contribution in [0.4, 0.5) is 0 Å². The van der Waals surface area contributed by atoms with Crippen LogP contribution in [0.15, 0.2) is 5.10 Å². The van der Waals surface area contributed by atoms with Crippen LogP contribution in [0.3, 0.4) is 0 Å². The van der Waals surface area contributed by atoms with Gasteiger partial charge in [0.2, 0.25) is 0 Å². The lowest BCUT2D eigenvalue weighted by Gasteiger charge is -2.28. The van der Waals surface area contributed by atoms with Crippen LogP contribution in [-0.2, 0) is 19.1 Å². The molecule has 0 aromatic carbocycles. The van der Waals surface area contributed by atoms with E-state index in [0.717, 1.165) is 12.8 Å². The van der Waals surface area contributed by atoms with Gasteiger partial charge in [-0.3, -0.25) is 4.79 Å². The minimum absolute atomic E-state index is 0.0422. The zero-order valence-corrected chi connectivity index (χ0v) is 10.7. The van der Waals surface area contributed by atoms with Gasteiger partial charge in [-0.25, -0.2) is 9.80 Å². The van der Waals surface area contributed by atoms with Crippen LogP contribution < -0.4 is 0 Å². The Bertz CT molecular complexity index is 374. The van der Waals surface area contributed by atoms with Crippen molar-refractivity contribution in [2.45, 2.75) is 32.7 Å². The molecular formula is C12H18N2O4. The molecule has 6 nitrogen and oxygen atoms in total. The van der Waals surface area contributed by atoms with Crippen LogP contribution in [0.2, 0.25) is 0 Å². The normalized spacial score (nSPS) is 25.2. The molecule has 2 aliphatic rings. The topological polar surface area (TPSA) is 68.2 Å². The molecule has 1 saturated heterocycles. The smallest absolute Gasteiger partial charge is 0.355 e. The van der Waals surface area contributed by atoms with Crippen molar-refractivity contribution in [1.29, 1.82) is 0 Å². The molecule has 2 rings (SSSR count). The Kier molecular flexibility index (Phi) is 3.96. The highest BCUT2D eigenvalue weighted by Gasteiger charge is 2.40. The number of ether oxygens (including phenoxy) is 2. The number of esters is 1. The summed E-state index contributed by atoms with van der Waals surface area (Å²) in [6, 6.07) is 0.0422. The summed E-state index contributed by atoms with van der Waals surface area (Å²) in [5.41, 5.74) is 0.216. The molecule has 2 aliphatic heterocycles. The molecule has 0 radical (unpaired) electrons. The molecule has 100 valence electrons. The highest BCUT2D eigenvalue weighted by molar-refractivity contribution is 6.42. The maximum absolute atomic E-state index is 12.1. The fourth-order valence-corrected chi connectivity index (χ4v) is 2.18. The summed E-state index contributed by atoms with van der Waals surface area (Å²) >= 11 is 0. The quantitative estimate of drug-likeness (QED) is 0.690. The van der Waals surface area contributed by atoms with Crippen molar-refractivity contribution >= 4 is 17.6 Å². The summed E-state index contributed by atoms with van der Waals surface area (Å²) in [5.74, 6) is -1.12. The second-order valence-corrected chi connectivity index (χ2v) is 4.45. The Morgan fingerprint density at radius 2 is 2.17 bits per heavy atom. The number of nitrogens with zero attached hydrogens (tertiary/aromatic N) is 2. The molecule has 0 N–H and O–H groups in total. The van der Waals surface area contributed by atoms with Crippen LogP contribution in [0.1, 0.15) is 26.7 Å². The van der Waals surface area contributed by atoms with Gasteiger partial charge in [-0.15, -0.1) is 0 Å². The lowest BCUT2D eigenvalue weighted by molar-refractivity contribution is -0.137. The summed E-state index contributed by atoms with van der Waals surface area (Å²) in [4.78, 5) is 23.8. The van der Waals surface area contributed by atoms with Gasteiger partial charge in [0.1, 0.15) is 0 Å². The van der Waals surface area contributed by atoms with Crippen LogP contribution in [0.5, 0.6) is 0 Å². The second-order valence-electron chi connectivity index (χ2n) is 4.45. The Morgan fingerprint density at radius 3 is 2.78 bits per heavy atom. The van der Waals surface area contributed by atoms with E-state index in [2.05, 4.69) is 5.10 Å². The van der Waals surface area contributed by atoms with Crippen LogP contribution in [0, 0.1) is 5.92 Å². The zero-order valence-electron chi connectivity index (χ0n) is 10.7.